The van der Waals surface area contributed by atoms with Gasteiger partial charge in [0.1, 0.15) is 48.8 Å². The lowest BCUT2D eigenvalue weighted by molar-refractivity contribution is -0.359. The van der Waals surface area contributed by atoms with Gasteiger partial charge in [-0.2, -0.15) is 0 Å². The summed E-state index contributed by atoms with van der Waals surface area (Å²) >= 11 is 0. The van der Waals surface area contributed by atoms with Crippen molar-refractivity contribution in [2.45, 2.75) is 190 Å². The number of ether oxygens (including phenoxy) is 4. The number of carbonyl (C=O) groups is 1. The van der Waals surface area contributed by atoms with Gasteiger partial charge < -0.3 is 65.1 Å². The number of nitrogens with one attached hydrogen (secondary N) is 1. The quantitative estimate of drug-likeness (QED) is 0.0433. The van der Waals surface area contributed by atoms with Gasteiger partial charge in [0, 0.05) is 6.42 Å². The van der Waals surface area contributed by atoms with Gasteiger partial charge in [-0.05, 0) is 32.1 Å². The highest BCUT2D eigenvalue weighted by Gasteiger charge is 2.50. The monoisotopic (exact) mass is 747 g/mol. The largest absolute Gasteiger partial charge is 0.394 e. The summed E-state index contributed by atoms with van der Waals surface area (Å²) < 4.78 is 22.5. The molecule has 0 aromatic heterocycles. The van der Waals surface area contributed by atoms with Crippen LogP contribution in [0.4, 0.5) is 0 Å². The van der Waals surface area contributed by atoms with Gasteiger partial charge in [0.05, 0.1) is 32.0 Å². The zero-order valence-corrected chi connectivity index (χ0v) is 31.3. The van der Waals surface area contributed by atoms with Crippen LogP contribution in [0.25, 0.3) is 0 Å². The Balaban J connectivity index is 2.00. The normalized spacial score (nSPS) is 31.0. The molecule has 2 aliphatic heterocycles. The number of carbonyl (C=O) groups excluding carboxylic acids is 1. The fourth-order valence-electron chi connectivity index (χ4n) is 6.30. The van der Waals surface area contributed by atoms with Crippen LogP contribution >= 0.6 is 0 Å². The van der Waals surface area contributed by atoms with Gasteiger partial charge in [-0.25, -0.2) is 0 Å². The van der Waals surface area contributed by atoms with Crippen molar-refractivity contribution in [2.24, 2.45) is 0 Å². The Hall–Kier alpha value is -1.53. The van der Waals surface area contributed by atoms with Gasteiger partial charge in [-0.3, -0.25) is 4.79 Å². The summed E-state index contributed by atoms with van der Waals surface area (Å²) in [5.74, 6) is -0.260. The van der Waals surface area contributed by atoms with Crippen molar-refractivity contribution in [2.75, 3.05) is 19.8 Å². The molecule has 0 bridgehead atoms. The maximum absolute atomic E-state index is 12.9. The summed E-state index contributed by atoms with van der Waals surface area (Å²) in [6.07, 6.45) is 6.97. The van der Waals surface area contributed by atoms with Gasteiger partial charge >= 0.3 is 0 Å². The van der Waals surface area contributed by atoms with E-state index in [0.29, 0.717) is 12.8 Å². The van der Waals surface area contributed by atoms with Crippen LogP contribution in [0.3, 0.4) is 0 Å². The number of unbranched alkanes of at least 4 members (excludes halogenated alkanes) is 12. The SMILES string of the molecule is CCCCCC/C=C/CC/C=C/C(O)C(COC1OC(CO)C(OC2OC(CO)C(O)C(O)C2O)C(O)C1O)NC(=O)CCCCCCCCCC. The van der Waals surface area contributed by atoms with Crippen LogP contribution in [-0.4, -0.2) is 140 Å². The van der Waals surface area contributed by atoms with E-state index in [1.165, 1.54) is 51.4 Å². The van der Waals surface area contributed by atoms with Crippen LogP contribution < -0.4 is 5.32 Å². The lowest BCUT2D eigenvalue weighted by Gasteiger charge is -2.46. The first-order valence-corrected chi connectivity index (χ1v) is 19.6. The van der Waals surface area contributed by atoms with E-state index in [0.717, 1.165) is 32.1 Å². The topological polar surface area (TPSA) is 228 Å². The average Bonchev–Trinajstić information content (AvgIpc) is 3.14. The van der Waals surface area contributed by atoms with Crippen molar-refractivity contribution in [1.82, 2.24) is 5.32 Å². The Morgan fingerprint density at radius 1 is 0.673 bits per heavy atom. The molecule has 0 spiro atoms. The zero-order valence-electron chi connectivity index (χ0n) is 31.3. The van der Waals surface area contributed by atoms with Crippen molar-refractivity contribution in [1.29, 1.82) is 0 Å². The van der Waals surface area contributed by atoms with E-state index < -0.39 is 86.8 Å². The molecular formula is C38H69NO13. The third kappa shape index (κ3) is 16.5. The second-order valence-corrected chi connectivity index (χ2v) is 14.1. The molecule has 2 fully saturated rings. The van der Waals surface area contributed by atoms with Gasteiger partial charge in [0.25, 0.3) is 0 Å². The molecule has 0 aromatic carbocycles. The van der Waals surface area contributed by atoms with E-state index in [2.05, 4.69) is 31.3 Å². The van der Waals surface area contributed by atoms with Gasteiger partial charge in [0.2, 0.25) is 5.91 Å². The van der Waals surface area contributed by atoms with Gasteiger partial charge in [-0.15, -0.1) is 0 Å². The highest BCUT2D eigenvalue weighted by molar-refractivity contribution is 5.76. The molecule has 1 amide bonds. The summed E-state index contributed by atoms with van der Waals surface area (Å²) in [5.41, 5.74) is 0. The number of aliphatic hydroxyl groups excluding tert-OH is 8. The van der Waals surface area contributed by atoms with E-state index >= 15 is 0 Å². The third-order valence-electron chi connectivity index (χ3n) is 9.64. The molecule has 9 N–H and O–H groups in total. The predicted octanol–water partition coefficient (Wildman–Crippen LogP) is 1.87. The molecule has 2 aliphatic rings. The summed E-state index contributed by atoms with van der Waals surface area (Å²) in [6.45, 7) is 2.63. The first-order chi connectivity index (χ1) is 25.1. The van der Waals surface area contributed by atoms with Crippen LogP contribution in [0.1, 0.15) is 117 Å². The zero-order chi connectivity index (χ0) is 38.3. The minimum Gasteiger partial charge on any atom is -0.394 e. The highest BCUT2D eigenvalue weighted by atomic mass is 16.7. The molecule has 12 atom stereocenters. The fraction of sp³-hybridized carbons (Fsp3) is 0.868. The van der Waals surface area contributed by atoms with Crippen LogP contribution in [0.2, 0.25) is 0 Å². The molecule has 52 heavy (non-hydrogen) atoms. The molecule has 2 rings (SSSR count). The second-order valence-electron chi connectivity index (χ2n) is 14.1. The molecule has 2 heterocycles. The smallest absolute Gasteiger partial charge is 0.220 e. The van der Waals surface area contributed by atoms with Crippen molar-refractivity contribution >= 4 is 5.91 Å². The Kier molecular flexibility index (Phi) is 24.3. The van der Waals surface area contributed by atoms with E-state index in [1.807, 2.05) is 6.08 Å². The first kappa shape index (κ1) is 46.6. The minimum atomic E-state index is -1.79. The molecule has 12 unspecified atom stereocenters. The minimum absolute atomic E-state index is 0.260. The van der Waals surface area contributed by atoms with Crippen molar-refractivity contribution < 1.29 is 64.6 Å². The average molecular weight is 748 g/mol. The van der Waals surface area contributed by atoms with Crippen LogP contribution in [0.15, 0.2) is 24.3 Å². The molecule has 0 saturated carbocycles. The number of aliphatic hydroxyl groups is 8. The van der Waals surface area contributed by atoms with E-state index in [4.69, 9.17) is 18.9 Å². The maximum atomic E-state index is 12.9. The lowest BCUT2D eigenvalue weighted by Crippen LogP contribution is -2.65. The summed E-state index contributed by atoms with van der Waals surface area (Å²) in [7, 11) is 0. The first-order valence-electron chi connectivity index (χ1n) is 19.6. The molecule has 0 aliphatic carbocycles. The lowest BCUT2D eigenvalue weighted by atomic mass is 9.97. The van der Waals surface area contributed by atoms with E-state index in [1.54, 1.807) is 6.08 Å². The molecule has 14 heteroatoms. The Bertz CT molecular complexity index is 983. The summed E-state index contributed by atoms with van der Waals surface area (Å²) in [4.78, 5) is 12.9. The fourth-order valence-corrected chi connectivity index (χ4v) is 6.30. The third-order valence-corrected chi connectivity index (χ3v) is 9.64. The maximum Gasteiger partial charge on any atom is 0.220 e. The standard InChI is InChI=1S/C38H69NO13/c1-3-5-7-9-11-13-14-15-17-19-21-27(42)26(39-30(43)22-20-18-16-12-10-8-6-4-2)25-49-37-35(48)33(46)36(29(24-41)51-37)52-38-34(47)32(45)31(44)28(23-40)50-38/h13-14,19,21,26-29,31-38,40-42,44-48H,3-12,15-18,20,22-25H2,1-2H3,(H,39,43)/b14-13+,21-19+. The molecule has 14 nitrogen and oxygen atoms in total. The van der Waals surface area contributed by atoms with Crippen molar-refractivity contribution in [3.63, 3.8) is 0 Å². The number of allylic oxidation sites excluding steroid dienone is 3. The van der Waals surface area contributed by atoms with Crippen molar-refractivity contribution in [3.8, 4) is 0 Å². The molecule has 0 aromatic rings. The second kappa shape index (κ2) is 27.1. The predicted molar refractivity (Wildman–Crippen MR) is 194 cm³/mol. The summed E-state index contributed by atoms with van der Waals surface area (Å²) in [5, 5.41) is 85.9. The Morgan fingerprint density at radius 2 is 1.23 bits per heavy atom. The molecule has 304 valence electrons. The van der Waals surface area contributed by atoms with Gasteiger partial charge in [-0.1, -0.05) is 102 Å². The Morgan fingerprint density at radius 3 is 1.88 bits per heavy atom. The van der Waals surface area contributed by atoms with Crippen LogP contribution in [0, 0.1) is 0 Å². The van der Waals surface area contributed by atoms with E-state index in [9.17, 15) is 45.6 Å². The number of hydrogen-bond donors (Lipinski definition) is 9. The molecular weight excluding hydrogens is 678 g/mol. The van der Waals surface area contributed by atoms with Gasteiger partial charge in [0.15, 0.2) is 12.6 Å². The number of hydrogen-bond acceptors (Lipinski definition) is 13. The van der Waals surface area contributed by atoms with Crippen molar-refractivity contribution in [3.05, 3.63) is 24.3 Å². The highest BCUT2D eigenvalue weighted by Crippen LogP contribution is 2.29. The van der Waals surface area contributed by atoms with Crippen LogP contribution in [0.5, 0.6) is 0 Å². The summed E-state index contributed by atoms with van der Waals surface area (Å²) in [6, 6.07) is -0.921. The number of amides is 1. The van der Waals surface area contributed by atoms with E-state index in [-0.39, 0.29) is 18.9 Å². The molecule has 0 radical (unpaired) electrons. The van der Waals surface area contributed by atoms with Crippen LogP contribution in [-0.2, 0) is 23.7 Å². The molecule has 2 saturated heterocycles. The number of rotatable bonds is 27. The Labute approximate surface area is 309 Å².